The molecule has 6 heteroatoms. The van der Waals surface area contributed by atoms with Gasteiger partial charge in [0.25, 0.3) is 0 Å². The minimum atomic E-state index is -0.147. The number of hydrogen-bond acceptors (Lipinski definition) is 5. The molecule has 3 aromatic heterocycles. The molecule has 0 saturated carbocycles. The molecule has 0 aliphatic carbocycles. The van der Waals surface area contributed by atoms with Crippen LogP contribution in [0.3, 0.4) is 0 Å². The van der Waals surface area contributed by atoms with Crippen molar-refractivity contribution >= 4 is 44.7 Å². The maximum absolute atomic E-state index is 6.77. The maximum Gasteiger partial charge on any atom is 0.158 e. The highest BCUT2D eigenvalue weighted by molar-refractivity contribution is 6.09. The van der Waals surface area contributed by atoms with Crippen molar-refractivity contribution in [3.8, 4) is 28.4 Å². The first-order valence-corrected chi connectivity index (χ1v) is 21.9. The van der Waals surface area contributed by atoms with Gasteiger partial charge in [-0.25, -0.2) is 9.97 Å². The SMILES string of the molecule is Cc1cc(C)c(-c2cc(C(C)(C)C)c(N3CN(c4cccc(Oc5ccc6c7ccccc7n(-c7cc(C(C)(C)C)ccn7)c6c5)c4)c4cccnc43)c(C(C)(C)C)c2)c(C)c1. The highest BCUT2D eigenvalue weighted by Gasteiger charge is 2.37. The summed E-state index contributed by atoms with van der Waals surface area (Å²) < 4.78 is 9.03. The van der Waals surface area contributed by atoms with Crippen molar-refractivity contribution in [3.05, 3.63) is 161 Å². The van der Waals surface area contributed by atoms with Crippen LogP contribution in [0.15, 0.2) is 128 Å². The number of nitrogens with zero attached hydrogens (tertiary/aromatic N) is 5. The second-order valence-electron chi connectivity index (χ2n) is 20.3. The van der Waals surface area contributed by atoms with Gasteiger partial charge in [0.1, 0.15) is 24.0 Å². The number of hydrogen-bond donors (Lipinski definition) is 0. The van der Waals surface area contributed by atoms with E-state index in [-0.39, 0.29) is 16.2 Å². The van der Waals surface area contributed by atoms with Crippen LogP contribution in [0, 0.1) is 20.8 Å². The summed E-state index contributed by atoms with van der Waals surface area (Å²) in [6.07, 6.45) is 3.84. The van der Waals surface area contributed by atoms with E-state index in [1.54, 1.807) is 0 Å². The number of fused-ring (bicyclic) bond motifs is 4. The second kappa shape index (κ2) is 14.9. The van der Waals surface area contributed by atoms with E-state index in [4.69, 9.17) is 14.7 Å². The molecular formula is C56H59N5O. The molecule has 4 heterocycles. The first-order valence-electron chi connectivity index (χ1n) is 21.9. The third kappa shape index (κ3) is 7.29. The van der Waals surface area contributed by atoms with Crippen LogP contribution in [0.25, 0.3) is 38.8 Å². The molecule has 1 aliphatic rings. The molecule has 0 bridgehead atoms. The minimum absolute atomic E-state index is 0.00678. The van der Waals surface area contributed by atoms with Crippen molar-refractivity contribution in [3.63, 3.8) is 0 Å². The normalized spacial score (nSPS) is 13.4. The number of para-hydroxylation sites is 1. The first-order chi connectivity index (χ1) is 29.4. The van der Waals surface area contributed by atoms with E-state index in [2.05, 4.69) is 201 Å². The number of anilines is 4. The molecule has 0 radical (unpaired) electrons. The Balaban J connectivity index is 1.11. The van der Waals surface area contributed by atoms with Gasteiger partial charge in [0.05, 0.1) is 22.4 Å². The lowest BCUT2D eigenvalue weighted by Gasteiger charge is -2.36. The second-order valence-corrected chi connectivity index (χ2v) is 20.3. The molecule has 9 rings (SSSR count). The molecule has 0 N–H and O–H groups in total. The predicted octanol–water partition coefficient (Wildman–Crippen LogP) is 15.1. The van der Waals surface area contributed by atoms with E-state index >= 15 is 0 Å². The van der Waals surface area contributed by atoms with E-state index in [1.807, 2.05) is 24.5 Å². The van der Waals surface area contributed by atoms with Gasteiger partial charge in [-0.1, -0.05) is 104 Å². The third-order valence-corrected chi connectivity index (χ3v) is 12.4. The predicted molar refractivity (Wildman–Crippen MR) is 261 cm³/mol. The minimum Gasteiger partial charge on any atom is -0.457 e. The number of ether oxygens (including phenoxy) is 1. The van der Waals surface area contributed by atoms with E-state index in [0.717, 1.165) is 50.9 Å². The van der Waals surface area contributed by atoms with Gasteiger partial charge in [-0.3, -0.25) is 4.57 Å². The van der Waals surface area contributed by atoms with Gasteiger partial charge in [-0.2, -0.15) is 0 Å². The Hall–Kier alpha value is -6.40. The molecule has 1 aliphatic heterocycles. The fourth-order valence-corrected chi connectivity index (χ4v) is 9.46. The summed E-state index contributed by atoms with van der Waals surface area (Å²) in [7, 11) is 0. The molecule has 0 amide bonds. The van der Waals surface area contributed by atoms with Crippen LogP contribution < -0.4 is 14.5 Å². The fraction of sp³-hybridized carbons (Fsp3) is 0.286. The van der Waals surface area contributed by atoms with E-state index in [0.29, 0.717) is 6.67 Å². The molecule has 62 heavy (non-hydrogen) atoms. The lowest BCUT2D eigenvalue weighted by atomic mass is 9.76. The maximum atomic E-state index is 6.77. The average Bonchev–Trinajstić information content (AvgIpc) is 3.75. The van der Waals surface area contributed by atoms with Crippen LogP contribution in [0.5, 0.6) is 11.5 Å². The molecule has 0 saturated heterocycles. The largest absolute Gasteiger partial charge is 0.457 e. The quantitative estimate of drug-likeness (QED) is 0.167. The zero-order valence-corrected chi connectivity index (χ0v) is 38.5. The Labute approximate surface area is 367 Å². The highest BCUT2D eigenvalue weighted by Crippen LogP contribution is 2.51. The van der Waals surface area contributed by atoms with Gasteiger partial charge in [0, 0.05) is 41.0 Å². The van der Waals surface area contributed by atoms with Crippen LogP contribution in [0.1, 0.15) is 95.7 Å². The van der Waals surface area contributed by atoms with Crippen LogP contribution >= 0.6 is 0 Å². The van der Waals surface area contributed by atoms with Crippen molar-refractivity contribution < 1.29 is 4.74 Å². The van der Waals surface area contributed by atoms with E-state index in [1.165, 1.54) is 55.6 Å². The highest BCUT2D eigenvalue weighted by atomic mass is 16.5. The molecule has 0 fully saturated rings. The van der Waals surface area contributed by atoms with Gasteiger partial charge in [-0.05, 0) is 143 Å². The monoisotopic (exact) mass is 817 g/mol. The molecule has 6 nitrogen and oxygen atoms in total. The molecule has 5 aromatic carbocycles. The van der Waals surface area contributed by atoms with Crippen molar-refractivity contribution in [2.75, 3.05) is 16.5 Å². The molecule has 314 valence electrons. The Morgan fingerprint density at radius 1 is 0.548 bits per heavy atom. The van der Waals surface area contributed by atoms with Gasteiger partial charge >= 0.3 is 0 Å². The van der Waals surface area contributed by atoms with E-state index in [9.17, 15) is 0 Å². The molecule has 0 unspecified atom stereocenters. The number of aryl methyl sites for hydroxylation is 3. The summed E-state index contributed by atoms with van der Waals surface area (Å²) >= 11 is 0. The van der Waals surface area contributed by atoms with Gasteiger partial charge in [-0.15, -0.1) is 0 Å². The van der Waals surface area contributed by atoms with Gasteiger partial charge < -0.3 is 14.5 Å². The summed E-state index contributed by atoms with van der Waals surface area (Å²) in [6, 6.07) is 41.5. The van der Waals surface area contributed by atoms with Gasteiger partial charge in [0.2, 0.25) is 0 Å². The van der Waals surface area contributed by atoms with Crippen molar-refractivity contribution in [2.45, 2.75) is 99.3 Å². The fourth-order valence-electron chi connectivity index (χ4n) is 9.46. The molecular weight excluding hydrogens is 759 g/mol. The Morgan fingerprint density at radius 2 is 1.23 bits per heavy atom. The summed E-state index contributed by atoms with van der Waals surface area (Å²) in [5, 5.41) is 2.34. The number of benzene rings is 5. The summed E-state index contributed by atoms with van der Waals surface area (Å²) in [5.41, 5.74) is 15.6. The van der Waals surface area contributed by atoms with Gasteiger partial charge in [0.15, 0.2) is 5.82 Å². The Bertz CT molecular complexity index is 2970. The van der Waals surface area contributed by atoms with Crippen LogP contribution in [0.2, 0.25) is 0 Å². The lowest BCUT2D eigenvalue weighted by Crippen LogP contribution is -2.30. The lowest BCUT2D eigenvalue weighted by molar-refractivity contribution is 0.483. The van der Waals surface area contributed by atoms with Crippen molar-refractivity contribution in [2.24, 2.45) is 0 Å². The molecule has 0 atom stereocenters. The zero-order valence-electron chi connectivity index (χ0n) is 38.5. The Kier molecular flexibility index (Phi) is 9.85. The van der Waals surface area contributed by atoms with Crippen LogP contribution in [-0.2, 0) is 16.2 Å². The van der Waals surface area contributed by atoms with Crippen LogP contribution in [0.4, 0.5) is 22.9 Å². The summed E-state index contributed by atoms with van der Waals surface area (Å²) in [5.74, 6) is 3.38. The molecule has 8 aromatic rings. The average molecular weight is 818 g/mol. The van der Waals surface area contributed by atoms with Crippen molar-refractivity contribution in [1.29, 1.82) is 0 Å². The summed E-state index contributed by atoms with van der Waals surface area (Å²) in [6.45, 7) is 28.0. The van der Waals surface area contributed by atoms with Crippen LogP contribution in [-0.4, -0.2) is 21.2 Å². The standard InChI is InChI=1S/C56H59N5O/c1-35-27-36(2)51(37(3)28-35)38-29-45(55(7,8)9)52(46(30-38)56(10,11)12)60-34-59(48-21-16-25-58-53(48)60)40-17-15-18-41(32-40)62-42-22-23-44-43-19-13-14-20-47(43)61(49(44)33-42)50-31-39(24-26-57-50)54(4,5)6/h13-33H,34H2,1-12H3. The molecule has 0 spiro atoms. The number of pyridine rings is 2. The topological polar surface area (TPSA) is 46.4 Å². The summed E-state index contributed by atoms with van der Waals surface area (Å²) in [4.78, 5) is 14.8. The third-order valence-electron chi connectivity index (χ3n) is 12.4. The van der Waals surface area contributed by atoms with Crippen molar-refractivity contribution in [1.82, 2.24) is 14.5 Å². The number of aromatic nitrogens is 3. The smallest absolute Gasteiger partial charge is 0.158 e. The first kappa shape index (κ1) is 41.0. The number of rotatable bonds is 6. The van der Waals surface area contributed by atoms with E-state index < -0.39 is 0 Å². The zero-order chi connectivity index (χ0) is 43.9. The Morgan fingerprint density at radius 3 is 1.92 bits per heavy atom.